The van der Waals surface area contributed by atoms with Gasteiger partial charge in [-0.3, -0.25) is 4.79 Å². The molecule has 0 amide bonds. The van der Waals surface area contributed by atoms with E-state index in [1.54, 1.807) is 6.07 Å². The van der Waals surface area contributed by atoms with E-state index in [9.17, 15) is 4.79 Å². The molecule has 0 heterocycles. The van der Waals surface area contributed by atoms with E-state index in [-0.39, 0.29) is 18.9 Å². The van der Waals surface area contributed by atoms with Gasteiger partial charge in [0, 0.05) is 17.2 Å². The van der Waals surface area contributed by atoms with Gasteiger partial charge in [-0.15, -0.1) is 0 Å². The zero-order valence-corrected chi connectivity index (χ0v) is 13.5. The van der Waals surface area contributed by atoms with Crippen molar-refractivity contribution in [3.05, 3.63) is 53.1 Å². The van der Waals surface area contributed by atoms with Gasteiger partial charge >= 0.3 is 18.9 Å². The first-order chi connectivity index (χ1) is 10.2. The number of aldehydes is 1. The number of benzene rings is 2. The number of methoxy groups -OCH3 is 1. The minimum absolute atomic E-state index is 0. The molecular weight excluding hydrogens is 314 g/mol. The zero-order valence-electron chi connectivity index (χ0n) is 11.9. The molecule has 0 saturated carbocycles. The number of halogens is 1. The average Bonchev–Trinajstić information content (AvgIpc) is 2.52. The molecule has 6 heteroatoms. The summed E-state index contributed by atoms with van der Waals surface area (Å²) in [7, 11) is 0.491. The van der Waals surface area contributed by atoms with Gasteiger partial charge in [0.2, 0.25) is 0 Å². The summed E-state index contributed by atoms with van der Waals surface area (Å²) in [4.78, 5) is 11.2. The van der Waals surface area contributed by atoms with Crippen molar-refractivity contribution >= 4 is 55.5 Å². The van der Waals surface area contributed by atoms with Crippen molar-refractivity contribution in [1.82, 2.24) is 0 Å². The van der Waals surface area contributed by atoms with Gasteiger partial charge < -0.3 is 9.26 Å². The van der Waals surface area contributed by atoms with Crippen LogP contribution in [0.3, 0.4) is 0 Å². The number of hydrogen-bond donors (Lipinski definition) is 0. The van der Waals surface area contributed by atoms with Gasteiger partial charge in [0.05, 0.1) is 25.8 Å². The fourth-order valence-electron chi connectivity index (χ4n) is 2.01. The molecule has 0 aliphatic rings. The molecule has 0 aromatic heterocycles. The first-order valence-electron chi connectivity index (χ1n) is 6.52. The molecule has 112 valence electrons. The standard InChI is InChI=1S/C16H16ClO3P.Li.H/c1-3-20-21(13-7-5-4-6-8-13)14-9-12(11-18)16(19-2)15(17)10-14;;/h4-11H,3H2,1-2H3;;. The summed E-state index contributed by atoms with van der Waals surface area (Å²) >= 11 is 6.22. The van der Waals surface area contributed by atoms with Crippen LogP contribution in [0.2, 0.25) is 5.02 Å². The van der Waals surface area contributed by atoms with E-state index < -0.39 is 8.15 Å². The van der Waals surface area contributed by atoms with Crippen LogP contribution >= 0.6 is 19.7 Å². The fraction of sp³-hybridized carbons (Fsp3) is 0.188. The Morgan fingerprint density at radius 2 is 1.86 bits per heavy atom. The van der Waals surface area contributed by atoms with Gasteiger partial charge in [0.1, 0.15) is 5.75 Å². The summed E-state index contributed by atoms with van der Waals surface area (Å²) in [5, 5.41) is 2.39. The summed E-state index contributed by atoms with van der Waals surface area (Å²) in [6.45, 7) is 2.53. The number of ether oxygens (including phenoxy) is 1. The van der Waals surface area contributed by atoms with Crippen molar-refractivity contribution in [1.29, 1.82) is 0 Å². The van der Waals surface area contributed by atoms with E-state index in [1.165, 1.54) is 7.11 Å². The van der Waals surface area contributed by atoms with Gasteiger partial charge in [0.15, 0.2) is 6.29 Å². The Morgan fingerprint density at radius 3 is 2.41 bits per heavy atom. The average molecular weight is 331 g/mol. The van der Waals surface area contributed by atoms with Crippen LogP contribution in [-0.4, -0.2) is 38.9 Å². The molecule has 2 rings (SSSR count). The molecule has 3 nitrogen and oxygen atoms in total. The van der Waals surface area contributed by atoms with E-state index in [2.05, 4.69) is 0 Å². The molecule has 2 aromatic rings. The van der Waals surface area contributed by atoms with Crippen molar-refractivity contribution in [3.63, 3.8) is 0 Å². The number of carbonyl (C=O) groups excluding carboxylic acids is 1. The van der Waals surface area contributed by atoms with Crippen LogP contribution in [-0.2, 0) is 4.52 Å². The van der Waals surface area contributed by atoms with Crippen LogP contribution in [0.15, 0.2) is 42.5 Å². The van der Waals surface area contributed by atoms with Crippen LogP contribution in [0.4, 0.5) is 0 Å². The fourth-order valence-corrected chi connectivity index (χ4v) is 4.19. The first-order valence-corrected chi connectivity index (χ1v) is 8.15. The third-order valence-corrected chi connectivity index (χ3v) is 5.16. The molecule has 0 saturated heterocycles. The Kier molecular flexibility index (Phi) is 8.18. The van der Waals surface area contributed by atoms with Gasteiger partial charge in [-0.2, -0.15) is 0 Å². The van der Waals surface area contributed by atoms with Crippen LogP contribution < -0.4 is 15.3 Å². The third kappa shape index (κ3) is 4.35. The van der Waals surface area contributed by atoms with Crippen LogP contribution in [0.5, 0.6) is 5.75 Å². The summed E-state index contributed by atoms with van der Waals surface area (Å²) in [6, 6.07) is 13.5. The van der Waals surface area contributed by atoms with Crippen molar-refractivity contribution in [2.75, 3.05) is 13.7 Å². The normalized spacial score (nSPS) is 11.4. The second kappa shape index (κ2) is 9.35. The maximum atomic E-state index is 11.2. The third-order valence-electron chi connectivity index (χ3n) is 2.87. The predicted octanol–water partition coefficient (Wildman–Crippen LogP) is 2.90. The molecule has 0 bridgehead atoms. The van der Waals surface area contributed by atoms with Crippen molar-refractivity contribution < 1.29 is 14.1 Å². The Bertz CT molecular complexity index is 622. The second-order valence-corrected chi connectivity index (χ2v) is 6.50. The summed E-state index contributed by atoms with van der Waals surface area (Å²) in [5.74, 6) is 0.398. The monoisotopic (exact) mass is 330 g/mol. The van der Waals surface area contributed by atoms with E-state index in [0.717, 1.165) is 16.9 Å². The van der Waals surface area contributed by atoms with Crippen LogP contribution in [0, 0.1) is 0 Å². The maximum absolute atomic E-state index is 11.2. The molecular formula is C16H17ClLiO3P. The SMILES string of the molecule is CCOP(c1ccccc1)c1cc(Cl)c(OC)c(C=O)c1.[LiH]. The van der Waals surface area contributed by atoms with Gasteiger partial charge in [-0.1, -0.05) is 41.9 Å². The quantitative estimate of drug-likeness (QED) is 0.464. The predicted molar refractivity (Wildman–Crippen MR) is 94.8 cm³/mol. The van der Waals surface area contributed by atoms with Crippen molar-refractivity contribution in [2.24, 2.45) is 0 Å². The molecule has 0 fully saturated rings. The van der Waals surface area contributed by atoms with Gasteiger partial charge in [0.25, 0.3) is 0 Å². The Balaban J connectivity index is 0.00000242. The number of rotatable bonds is 6. The van der Waals surface area contributed by atoms with Gasteiger partial charge in [-0.25, -0.2) is 0 Å². The topological polar surface area (TPSA) is 35.5 Å². The zero-order chi connectivity index (χ0) is 15.2. The molecule has 22 heavy (non-hydrogen) atoms. The van der Waals surface area contributed by atoms with Crippen LogP contribution in [0.25, 0.3) is 0 Å². The Hall–Kier alpha value is -0.813. The molecule has 0 N–H and O–H groups in total. The molecule has 0 spiro atoms. The number of carbonyl (C=O) groups is 1. The molecule has 0 radical (unpaired) electrons. The summed E-state index contributed by atoms with van der Waals surface area (Å²) in [5.41, 5.74) is 0.433. The van der Waals surface area contributed by atoms with Crippen molar-refractivity contribution in [2.45, 2.75) is 6.92 Å². The van der Waals surface area contributed by atoms with E-state index in [1.807, 2.05) is 43.3 Å². The van der Waals surface area contributed by atoms with E-state index >= 15 is 0 Å². The molecule has 0 aliphatic carbocycles. The minimum atomic E-state index is -1.01. The first kappa shape index (κ1) is 19.2. The van der Waals surface area contributed by atoms with Crippen molar-refractivity contribution in [3.8, 4) is 5.75 Å². The van der Waals surface area contributed by atoms with Crippen LogP contribution in [0.1, 0.15) is 17.3 Å². The van der Waals surface area contributed by atoms with E-state index in [4.69, 9.17) is 20.9 Å². The Morgan fingerprint density at radius 1 is 1.18 bits per heavy atom. The van der Waals surface area contributed by atoms with E-state index in [0.29, 0.717) is 22.9 Å². The molecule has 2 aromatic carbocycles. The molecule has 0 aliphatic heterocycles. The van der Waals surface area contributed by atoms with Gasteiger partial charge in [-0.05, 0) is 19.1 Å². The molecule has 1 unspecified atom stereocenters. The number of hydrogen-bond acceptors (Lipinski definition) is 3. The Labute approximate surface area is 149 Å². The summed E-state index contributed by atoms with van der Waals surface area (Å²) in [6.07, 6.45) is 0.749. The molecule has 1 atom stereocenters. The second-order valence-electron chi connectivity index (χ2n) is 4.22. The summed E-state index contributed by atoms with van der Waals surface area (Å²) < 4.78 is 11.1.